The number of thioether (sulfide) groups is 2. The number of carbonyl (C=O) groups excluding carboxylic acids is 5. The number of methoxy groups -OCH3 is 1. The summed E-state index contributed by atoms with van der Waals surface area (Å²) in [6, 6.07) is 49.1. The van der Waals surface area contributed by atoms with Crippen molar-refractivity contribution >= 4 is 81.8 Å². The molecule has 0 bridgehead atoms. The maximum atomic E-state index is 13.9. The van der Waals surface area contributed by atoms with Crippen LogP contribution in [0.25, 0.3) is 22.6 Å². The van der Waals surface area contributed by atoms with E-state index in [0.717, 1.165) is 22.5 Å². The number of aliphatic carboxylic acids is 1. The van der Waals surface area contributed by atoms with Crippen LogP contribution in [0.15, 0.2) is 216 Å². The lowest BCUT2D eigenvalue weighted by atomic mass is 10.1. The monoisotopic (exact) mass is 1320 g/mol. The Bertz CT molecular complexity index is 4270. The Morgan fingerprint density at radius 2 is 0.937 bits per heavy atom. The third-order valence-electron chi connectivity index (χ3n) is 15.0. The summed E-state index contributed by atoms with van der Waals surface area (Å²) in [6.45, 7) is 1.44. The molecule has 2 unspecified atom stereocenters. The van der Waals surface area contributed by atoms with Crippen LogP contribution in [0.3, 0.4) is 0 Å². The molecule has 26 heteroatoms. The van der Waals surface area contributed by atoms with E-state index in [4.69, 9.17) is 13.6 Å². The van der Waals surface area contributed by atoms with Crippen LogP contribution in [0, 0.1) is 20.2 Å². The number of benzene rings is 6. The van der Waals surface area contributed by atoms with Gasteiger partial charge in [0.2, 0.25) is 0 Å². The molecule has 0 aliphatic heterocycles. The van der Waals surface area contributed by atoms with E-state index in [2.05, 4.69) is 20.6 Å². The number of nitro benzene ring substituents is 2. The van der Waals surface area contributed by atoms with E-state index < -0.39 is 45.7 Å². The predicted molar refractivity (Wildman–Crippen MR) is 359 cm³/mol. The number of rotatable bonds is 28. The van der Waals surface area contributed by atoms with Gasteiger partial charge in [0.05, 0.1) is 54.1 Å². The first-order valence-corrected chi connectivity index (χ1v) is 32.3. The van der Waals surface area contributed by atoms with Gasteiger partial charge in [0, 0.05) is 83.4 Å². The molecule has 0 spiro atoms. The van der Waals surface area contributed by atoms with Crippen LogP contribution in [0.4, 0.5) is 22.7 Å². The van der Waals surface area contributed by atoms with E-state index in [0.29, 0.717) is 65.0 Å². The third kappa shape index (κ3) is 18.0. The number of carboxylic acid groups (broad SMARTS) is 1. The molecule has 486 valence electrons. The Labute approximate surface area is 553 Å². The van der Waals surface area contributed by atoms with Crippen molar-refractivity contribution in [2.24, 2.45) is 0 Å². The molecule has 0 aliphatic carbocycles. The van der Waals surface area contributed by atoms with Gasteiger partial charge in [-0.2, -0.15) is 23.5 Å². The number of furan rings is 2. The maximum absolute atomic E-state index is 13.9. The van der Waals surface area contributed by atoms with Crippen molar-refractivity contribution in [3.8, 4) is 22.6 Å². The number of aromatic nitrogens is 4. The van der Waals surface area contributed by atoms with E-state index in [9.17, 15) is 54.1 Å². The molecular weight excluding hydrogens is 1260 g/mol. The van der Waals surface area contributed by atoms with Gasteiger partial charge < -0.3 is 48.2 Å². The Morgan fingerprint density at radius 3 is 1.31 bits per heavy atom. The molecule has 4 heterocycles. The second kappa shape index (κ2) is 32.8. The number of nitrogens with zero attached hydrogens (tertiary/aromatic N) is 8. The number of imidazole rings is 2. The lowest BCUT2D eigenvalue weighted by Crippen LogP contribution is -2.41. The van der Waals surface area contributed by atoms with Gasteiger partial charge in [-0.3, -0.25) is 39.4 Å². The van der Waals surface area contributed by atoms with E-state index in [-0.39, 0.29) is 65.3 Å². The van der Waals surface area contributed by atoms with Crippen LogP contribution in [0.2, 0.25) is 0 Å². The number of nitrogens with one attached hydrogen (secondary N) is 2. The molecule has 10 aromatic rings. The number of non-ortho nitro benzene ring substituents is 2. The average Bonchev–Trinajstić information content (AvgIpc) is 1.88. The minimum absolute atomic E-state index is 0.0267. The van der Waals surface area contributed by atoms with Crippen molar-refractivity contribution in [1.82, 2.24) is 29.7 Å². The molecule has 0 saturated carbocycles. The zero-order valence-corrected chi connectivity index (χ0v) is 53.2. The second-order valence-electron chi connectivity index (χ2n) is 21.3. The highest BCUT2D eigenvalue weighted by molar-refractivity contribution is 7.98. The van der Waals surface area contributed by atoms with Crippen molar-refractivity contribution in [3.63, 3.8) is 0 Å². The van der Waals surface area contributed by atoms with Crippen molar-refractivity contribution in [1.29, 1.82) is 0 Å². The topological polar surface area (TPSA) is 311 Å². The van der Waals surface area contributed by atoms with Crippen molar-refractivity contribution in [2.75, 3.05) is 40.9 Å². The van der Waals surface area contributed by atoms with Crippen LogP contribution in [-0.4, -0.2) is 113 Å². The number of carboxylic acids is 1. The summed E-state index contributed by atoms with van der Waals surface area (Å²) < 4.78 is 20.3. The number of carbonyl (C=O) groups is 6. The van der Waals surface area contributed by atoms with Gasteiger partial charge in [0.25, 0.3) is 35.0 Å². The first kappa shape index (κ1) is 68.0. The van der Waals surface area contributed by atoms with E-state index >= 15 is 0 Å². The Balaban J connectivity index is 0.000000223. The first-order valence-electron chi connectivity index (χ1n) is 29.5. The highest BCUT2D eigenvalue weighted by Gasteiger charge is 2.27. The van der Waals surface area contributed by atoms with Crippen molar-refractivity contribution < 1.29 is 57.3 Å². The Kier molecular flexibility index (Phi) is 23.4. The van der Waals surface area contributed by atoms with Gasteiger partial charge >= 0.3 is 11.9 Å². The maximum Gasteiger partial charge on any atom is 0.328 e. The van der Waals surface area contributed by atoms with Crippen LogP contribution in [0.1, 0.15) is 77.2 Å². The SMILES string of the molecule is COC(=O)C(CCSC)NC(=O)c1ccc(-c2ccc(N(Cc3cncn3Cc3ccccc3)C(=O)c3ccc([N+](=O)[O-])cc3)cc2)o1.CSCCC(NC(=O)c1ccc(-c2ccc(N(Cc3cncn3Cc3ccccc3)C(=O)c3ccc([N+](=O)[O-])cc3)cc2)o1)C(=O)O. The van der Waals surface area contributed by atoms with Crippen LogP contribution < -0.4 is 20.4 Å². The minimum Gasteiger partial charge on any atom is -0.480 e. The molecule has 95 heavy (non-hydrogen) atoms. The molecule has 4 amide bonds. The largest absolute Gasteiger partial charge is 0.480 e. The summed E-state index contributed by atoms with van der Waals surface area (Å²) in [5.74, 6) is -1.51. The van der Waals surface area contributed by atoms with Gasteiger partial charge in [0.1, 0.15) is 23.6 Å². The summed E-state index contributed by atoms with van der Waals surface area (Å²) in [6.07, 6.45) is 11.3. The third-order valence-corrected chi connectivity index (χ3v) is 16.3. The fraction of sp³-hybridized carbons (Fsp3) is 0.188. The molecule has 0 fully saturated rings. The first-order chi connectivity index (χ1) is 46.0. The van der Waals surface area contributed by atoms with Gasteiger partial charge in [-0.1, -0.05) is 60.7 Å². The molecule has 24 nitrogen and oxygen atoms in total. The number of hydrogen-bond donors (Lipinski definition) is 3. The van der Waals surface area contributed by atoms with E-state index in [1.807, 2.05) is 82.3 Å². The Hall–Kier alpha value is -11.4. The predicted octanol–water partition coefficient (Wildman–Crippen LogP) is 11.9. The average molecular weight is 1320 g/mol. The molecular formula is C69H64N10O14S2. The number of anilines is 2. The second-order valence-corrected chi connectivity index (χ2v) is 23.3. The summed E-state index contributed by atoms with van der Waals surface area (Å²) in [4.78, 5) is 110. The van der Waals surface area contributed by atoms with Crippen LogP contribution in [0.5, 0.6) is 0 Å². The number of amides is 4. The summed E-state index contributed by atoms with van der Waals surface area (Å²) in [7, 11) is 1.27. The lowest BCUT2D eigenvalue weighted by Gasteiger charge is -2.24. The summed E-state index contributed by atoms with van der Waals surface area (Å²) in [5.41, 5.74) is 6.39. The molecule has 6 aromatic carbocycles. The summed E-state index contributed by atoms with van der Waals surface area (Å²) in [5, 5.41) is 37.0. The molecule has 0 radical (unpaired) electrons. The highest BCUT2D eigenvalue weighted by atomic mass is 32.2. The fourth-order valence-electron chi connectivity index (χ4n) is 9.87. The number of ether oxygens (including phenoxy) is 1. The molecule has 0 saturated heterocycles. The summed E-state index contributed by atoms with van der Waals surface area (Å²) >= 11 is 3.04. The van der Waals surface area contributed by atoms with Gasteiger partial charge in [-0.05, 0) is 145 Å². The number of esters is 1. The number of hydrogen-bond acceptors (Lipinski definition) is 17. The molecule has 2 atom stereocenters. The normalized spacial score (nSPS) is 11.5. The van der Waals surface area contributed by atoms with Gasteiger partial charge in [-0.25, -0.2) is 19.6 Å². The number of nitro groups is 2. The van der Waals surface area contributed by atoms with Crippen LogP contribution in [-0.2, 0) is 40.5 Å². The Morgan fingerprint density at radius 1 is 0.547 bits per heavy atom. The van der Waals surface area contributed by atoms with Crippen LogP contribution >= 0.6 is 23.5 Å². The fourth-order valence-corrected chi connectivity index (χ4v) is 10.8. The van der Waals surface area contributed by atoms with Crippen molar-refractivity contribution in [3.05, 3.63) is 272 Å². The minimum atomic E-state index is -1.12. The molecule has 0 aliphatic rings. The smallest absolute Gasteiger partial charge is 0.328 e. The lowest BCUT2D eigenvalue weighted by molar-refractivity contribution is -0.385. The zero-order valence-electron chi connectivity index (χ0n) is 51.6. The van der Waals surface area contributed by atoms with E-state index in [1.165, 1.54) is 79.5 Å². The van der Waals surface area contributed by atoms with Crippen molar-refractivity contribution in [2.45, 2.75) is 51.1 Å². The molecule has 3 N–H and O–H groups in total. The van der Waals surface area contributed by atoms with Gasteiger partial charge in [-0.15, -0.1) is 0 Å². The quantitative estimate of drug-likeness (QED) is 0.0233. The highest BCUT2D eigenvalue weighted by Crippen LogP contribution is 2.31. The standard InChI is InChI=1S/C35H33N5O7S.C34H31N5O7S/c1-46-35(43)30(18-19-48-2)37-33(41)32-17-16-31(47-32)25-8-12-27(13-9-25)39(34(42)26-10-14-28(15-11-26)40(44)45)22-29-20-36-23-38(29)21-24-6-4-3-5-7-24;1-47-18-17-29(34(42)43)36-32(40)31-16-15-30(46-31)24-7-11-26(12-8-24)38(33(41)25-9-13-27(14-10-25)39(44)45)21-28-19-35-22-37(28)20-23-5-3-2-4-6-23/h3-17,20,23,30H,18-19,21-22H2,1-2H3,(H,37,41);2-16,19,22,29H,17-18,20-21H2,1H3,(H,36,40)(H,42,43). The van der Waals surface area contributed by atoms with Gasteiger partial charge in [0.15, 0.2) is 11.5 Å². The molecule has 4 aromatic heterocycles. The molecule has 10 rings (SSSR count). The van der Waals surface area contributed by atoms with E-state index in [1.54, 1.807) is 107 Å². The zero-order chi connectivity index (χ0) is 67.4.